The number of alkyl halides is 3. The molecule has 7 nitrogen and oxygen atoms in total. The number of ketones is 1. The molecule has 1 aliphatic rings. The maximum Gasteiger partial charge on any atom is 0.416 e. The molecule has 11 heteroatoms. The van der Waals surface area contributed by atoms with Crippen LogP contribution in [-0.2, 0) is 26.9 Å². The quantitative estimate of drug-likeness (QED) is 0.209. The summed E-state index contributed by atoms with van der Waals surface area (Å²) in [5, 5.41) is 0.261. The molecule has 0 saturated heterocycles. The Balaban J connectivity index is 1.42. The van der Waals surface area contributed by atoms with Crippen LogP contribution in [0.15, 0.2) is 51.7 Å². The molecule has 0 bridgehead atoms. The summed E-state index contributed by atoms with van der Waals surface area (Å²) < 4.78 is 62.4. The van der Waals surface area contributed by atoms with Gasteiger partial charge in [0.05, 0.1) is 41.7 Å². The first-order valence-electron chi connectivity index (χ1n) is 11.3. The van der Waals surface area contributed by atoms with Crippen LogP contribution in [0, 0.1) is 5.92 Å². The maximum absolute atomic E-state index is 13.8. The lowest BCUT2D eigenvalue weighted by atomic mass is 9.82. The number of carbonyl (C=O) groups is 2. The molecule has 0 radical (unpaired) electrons. The minimum atomic E-state index is -4.76. The molecule has 37 heavy (non-hydrogen) atoms. The molecule has 0 unspecified atom stereocenters. The normalized spacial score (nSPS) is 17.3. The van der Waals surface area contributed by atoms with Crippen molar-refractivity contribution in [2.24, 2.45) is 5.92 Å². The molecule has 0 aliphatic heterocycles. The van der Waals surface area contributed by atoms with Crippen molar-refractivity contribution in [2.75, 3.05) is 20.3 Å². The fourth-order valence-corrected chi connectivity index (χ4v) is 4.25. The van der Waals surface area contributed by atoms with Crippen LogP contribution in [0.25, 0.3) is 11.0 Å². The Morgan fingerprint density at radius 2 is 1.86 bits per heavy atom. The predicted octanol–water partition coefficient (Wildman–Crippen LogP) is 5.24. The third kappa shape index (κ3) is 6.14. The predicted molar refractivity (Wildman–Crippen MR) is 127 cm³/mol. The number of halogens is 4. The Kier molecular flexibility index (Phi) is 7.89. The van der Waals surface area contributed by atoms with E-state index in [2.05, 4.69) is 4.74 Å². The first-order valence-corrected chi connectivity index (χ1v) is 11.7. The summed E-state index contributed by atoms with van der Waals surface area (Å²) in [6, 6.07) is 8.71. The van der Waals surface area contributed by atoms with E-state index in [4.69, 9.17) is 25.5 Å². The van der Waals surface area contributed by atoms with Gasteiger partial charge in [0.25, 0.3) is 0 Å². The number of para-hydroxylation sites is 1. The largest absolute Gasteiger partial charge is 0.491 e. The van der Waals surface area contributed by atoms with Crippen molar-refractivity contribution in [1.29, 1.82) is 0 Å². The van der Waals surface area contributed by atoms with Gasteiger partial charge in [-0.25, -0.2) is 0 Å². The number of rotatable bonds is 9. The maximum atomic E-state index is 13.8. The van der Waals surface area contributed by atoms with E-state index in [0.717, 1.165) is 18.2 Å². The van der Waals surface area contributed by atoms with Gasteiger partial charge in [0.1, 0.15) is 12.4 Å². The van der Waals surface area contributed by atoms with Crippen LogP contribution >= 0.6 is 11.6 Å². The van der Waals surface area contributed by atoms with Crippen molar-refractivity contribution >= 4 is 34.3 Å². The second kappa shape index (κ2) is 10.9. The summed E-state index contributed by atoms with van der Waals surface area (Å²) in [6.45, 7) is 0.127. The molecule has 2 aromatic carbocycles. The molecule has 0 N–H and O–H groups in total. The van der Waals surface area contributed by atoms with Crippen molar-refractivity contribution in [3.05, 3.63) is 74.6 Å². The van der Waals surface area contributed by atoms with E-state index in [1.165, 1.54) is 25.3 Å². The number of hydrogen-bond acceptors (Lipinski definition) is 7. The highest BCUT2D eigenvalue weighted by Crippen LogP contribution is 2.35. The molecule has 1 saturated carbocycles. The number of Topliss-reactive ketones (excluding diaryl/α,β-unsaturated/α-hetero) is 1. The van der Waals surface area contributed by atoms with Crippen molar-refractivity contribution in [2.45, 2.75) is 31.5 Å². The summed E-state index contributed by atoms with van der Waals surface area (Å²) in [5.41, 5.74) is -1.88. The third-order valence-electron chi connectivity index (χ3n) is 6.05. The molecule has 196 valence electrons. The molecule has 3 aromatic rings. The summed E-state index contributed by atoms with van der Waals surface area (Å²) in [7, 11) is 1.32. The third-order valence-corrected chi connectivity index (χ3v) is 6.35. The summed E-state index contributed by atoms with van der Waals surface area (Å²) >= 11 is 6.04. The second-order valence-corrected chi connectivity index (χ2v) is 8.95. The molecule has 1 fully saturated rings. The van der Waals surface area contributed by atoms with Crippen molar-refractivity contribution in [3.63, 3.8) is 0 Å². The van der Waals surface area contributed by atoms with Crippen LogP contribution in [-0.4, -0.2) is 38.2 Å². The van der Waals surface area contributed by atoms with Gasteiger partial charge in [-0.15, -0.1) is 0 Å². The molecular formula is C26H22ClF3O7. The molecule has 1 heterocycles. The van der Waals surface area contributed by atoms with Gasteiger partial charge in [-0.05, 0) is 42.7 Å². The lowest BCUT2D eigenvalue weighted by molar-refractivity contribution is -0.155. The number of fused-ring (bicyclic) bond motifs is 1. The van der Waals surface area contributed by atoms with Gasteiger partial charge in [0.15, 0.2) is 16.8 Å². The molecule has 1 aliphatic carbocycles. The lowest BCUT2D eigenvalue weighted by Crippen LogP contribution is -2.37. The Morgan fingerprint density at radius 3 is 2.57 bits per heavy atom. The fraction of sp³-hybridized carbons (Fsp3) is 0.346. The molecule has 0 spiro atoms. The Morgan fingerprint density at radius 1 is 1.11 bits per heavy atom. The molecular weight excluding hydrogens is 517 g/mol. The zero-order chi connectivity index (χ0) is 26.7. The van der Waals surface area contributed by atoms with E-state index in [-0.39, 0.29) is 64.3 Å². The number of esters is 1. The molecule has 0 atom stereocenters. The number of benzene rings is 2. The van der Waals surface area contributed by atoms with Crippen LogP contribution in [0.2, 0.25) is 5.02 Å². The molecule has 0 amide bonds. The van der Waals surface area contributed by atoms with Gasteiger partial charge in [-0.2, -0.15) is 13.2 Å². The van der Waals surface area contributed by atoms with Crippen LogP contribution in [0.5, 0.6) is 5.75 Å². The van der Waals surface area contributed by atoms with Gasteiger partial charge >= 0.3 is 12.1 Å². The van der Waals surface area contributed by atoms with Gasteiger partial charge < -0.3 is 18.6 Å². The number of carbonyl (C=O) groups excluding carboxylic acids is 2. The van der Waals surface area contributed by atoms with E-state index in [0.29, 0.717) is 12.8 Å². The van der Waals surface area contributed by atoms with Crippen molar-refractivity contribution < 1.29 is 41.4 Å². The monoisotopic (exact) mass is 538 g/mol. The second-order valence-electron chi connectivity index (χ2n) is 8.54. The van der Waals surface area contributed by atoms with Crippen molar-refractivity contribution in [3.8, 4) is 5.75 Å². The fourth-order valence-electron chi connectivity index (χ4n) is 4.04. The van der Waals surface area contributed by atoms with Crippen LogP contribution in [0.1, 0.15) is 34.5 Å². The van der Waals surface area contributed by atoms with E-state index < -0.39 is 29.4 Å². The van der Waals surface area contributed by atoms with E-state index in [1.807, 2.05) is 0 Å². The zero-order valence-electron chi connectivity index (χ0n) is 19.6. The highest BCUT2D eigenvalue weighted by molar-refractivity contribution is 6.34. The number of hydrogen-bond donors (Lipinski definition) is 0. The van der Waals surface area contributed by atoms with E-state index in [1.54, 1.807) is 6.07 Å². The first kappa shape index (κ1) is 26.7. The smallest absolute Gasteiger partial charge is 0.416 e. The van der Waals surface area contributed by atoms with Gasteiger partial charge in [-0.3, -0.25) is 14.4 Å². The highest BCUT2D eigenvalue weighted by Gasteiger charge is 2.36. The molecule has 1 aromatic heterocycles. The minimum Gasteiger partial charge on any atom is -0.491 e. The van der Waals surface area contributed by atoms with Gasteiger partial charge in [0.2, 0.25) is 5.78 Å². The number of ether oxygens (including phenoxy) is 3. The molecule has 4 rings (SSSR count). The summed E-state index contributed by atoms with van der Waals surface area (Å²) in [4.78, 5) is 36.5. The Hall–Kier alpha value is -3.37. The Bertz CT molecular complexity index is 1380. The average Bonchev–Trinajstić information content (AvgIpc) is 2.83. The van der Waals surface area contributed by atoms with E-state index >= 15 is 0 Å². The SMILES string of the molecule is COC(=O)C1CC(OCCOc2ccc(CC(=O)c3cc(=O)c4cccc(Cl)c4o3)c(C(F)(F)F)c2)C1. The zero-order valence-corrected chi connectivity index (χ0v) is 20.4. The van der Waals surface area contributed by atoms with Crippen LogP contribution in [0.3, 0.4) is 0 Å². The lowest BCUT2D eigenvalue weighted by Gasteiger charge is -2.32. The van der Waals surface area contributed by atoms with Gasteiger partial charge in [0, 0.05) is 12.5 Å². The minimum absolute atomic E-state index is 0.00201. The first-order chi connectivity index (χ1) is 17.6. The van der Waals surface area contributed by atoms with Crippen LogP contribution < -0.4 is 10.2 Å². The van der Waals surface area contributed by atoms with Gasteiger partial charge in [-0.1, -0.05) is 23.7 Å². The van der Waals surface area contributed by atoms with Crippen molar-refractivity contribution in [1.82, 2.24) is 0 Å². The highest BCUT2D eigenvalue weighted by atomic mass is 35.5. The summed E-state index contributed by atoms with van der Waals surface area (Å²) in [5.74, 6) is -1.72. The topological polar surface area (TPSA) is 92.0 Å². The average molecular weight is 539 g/mol. The van der Waals surface area contributed by atoms with E-state index in [9.17, 15) is 27.6 Å². The van der Waals surface area contributed by atoms with Crippen LogP contribution in [0.4, 0.5) is 13.2 Å². The Labute approximate surface area is 214 Å². The standard InChI is InChI=1S/C26H22ClF3O7/c1-34-25(33)15-9-17(10-15)36-8-7-35-16-6-5-14(19(12-16)26(28,29)30)11-22(32)23-13-21(31)18-3-2-4-20(27)24(18)37-23/h2-6,12-13,15,17H,7-11H2,1H3. The summed E-state index contributed by atoms with van der Waals surface area (Å²) in [6.07, 6.45) is -4.49. The number of methoxy groups -OCH3 is 1.